The number of hydrogen-bond acceptors (Lipinski definition) is 5. The maximum Gasteiger partial charge on any atom is 0.275 e. The van der Waals surface area contributed by atoms with Gasteiger partial charge in [-0.05, 0) is 31.2 Å². The molecule has 8 heteroatoms. The summed E-state index contributed by atoms with van der Waals surface area (Å²) in [6, 6.07) is 13.6. The molecular weight excluding hydrogens is 360 g/mol. The lowest BCUT2D eigenvalue weighted by Gasteiger charge is -2.11. The van der Waals surface area contributed by atoms with E-state index in [0.717, 1.165) is 0 Å². The molecule has 0 spiro atoms. The zero-order chi connectivity index (χ0) is 20.5. The third-order valence-corrected chi connectivity index (χ3v) is 3.63. The van der Waals surface area contributed by atoms with E-state index in [0.29, 0.717) is 28.4 Å². The number of rotatable bonds is 7. The minimum Gasteiger partial charge on any atom is -0.496 e. The molecule has 3 amide bonds. The lowest BCUT2D eigenvalue weighted by molar-refractivity contribution is -0.115. The van der Waals surface area contributed by atoms with Crippen molar-refractivity contribution in [3.05, 3.63) is 54.1 Å². The van der Waals surface area contributed by atoms with Crippen LogP contribution in [0.1, 0.15) is 30.6 Å². The fraction of sp³-hybridized carbons (Fsp3) is 0.200. The molecule has 0 atom stereocenters. The van der Waals surface area contributed by atoms with E-state index in [1.54, 1.807) is 55.5 Å². The number of hydrazone groups is 1. The van der Waals surface area contributed by atoms with Crippen LogP contribution in [0, 0.1) is 0 Å². The van der Waals surface area contributed by atoms with Crippen molar-refractivity contribution in [1.29, 1.82) is 0 Å². The topological polar surface area (TPSA) is 109 Å². The van der Waals surface area contributed by atoms with E-state index in [1.165, 1.54) is 14.0 Å². The summed E-state index contributed by atoms with van der Waals surface area (Å²) in [5.41, 5.74) is 4.15. The number of para-hydroxylation sites is 3. The molecule has 0 aliphatic rings. The first-order valence-corrected chi connectivity index (χ1v) is 8.53. The highest BCUT2D eigenvalue weighted by Gasteiger charge is 2.12. The number of nitrogens with zero attached hydrogens (tertiary/aromatic N) is 1. The number of methoxy groups -OCH3 is 1. The highest BCUT2D eigenvalue weighted by atomic mass is 16.5. The SMILES string of the molecule is COc1ccccc1C(=O)N/N=C(\C)CC(=O)Nc1ccccc1NC(C)=O. The van der Waals surface area contributed by atoms with Gasteiger partial charge < -0.3 is 15.4 Å². The molecule has 0 saturated carbocycles. The largest absolute Gasteiger partial charge is 0.496 e. The molecule has 0 unspecified atom stereocenters. The summed E-state index contributed by atoms with van der Waals surface area (Å²) in [7, 11) is 1.48. The van der Waals surface area contributed by atoms with Gasteiger partial charge in [0.2, 0.25) is 11.8 Å². The van der Waals surface area contributed by atoms with Gasteiger partial charge in [0.05, 0.1) is 30.5 Å². The van der Waals surface area contributed by atoms with Crippen molar-refractivity contribution in [1.82, 2.24) is 5.43 Å². The van der Waals surface area contributed by atoms with Crippen LogP contribution in [0.25, 0.3) is 0 Å². The van der Waals surface area contributed by atoms with Crippen LogP contribution in [0.2, 0.25) is 0 Å². The van der Waals surface area contributed by atoms with Gasteiger partial charge in [0.15, 0.2) is 0 Å². The van der Waals surface area contributed by atoms with Crippen LogP contribution in [0.4, 0.5) is 11.4 Å². The van der Waals surface area contributed by atoms with Gasteiger partial charge in [0, 0.05) is 12.6 Å². The van der Waals surface area contributed by atoms with Crippen LogP contribution in [0.5, 0.6) is 5.75 Å². The van der Waals surface area contributed by atoms with Crippen molar-refractivity contribution in [2.75, 3.05) is 17.7 Å². The average Bonchev–Trinajstić information content (AvgIpc) is 2.67. The number of benzene rings is 2. The smallest absolute Gasteiger partial charge is 0.275 e. The number of nitrogens with one attached hydrogen (secondary N) is 3. The summed E-state index contributed by atoms with van der Waals surface area (Å²) in [5, 5.41) is 9.32. The number of hydrogen-bond donors (Lipinski definition) is 3. The summed E-state index contributed by atoms with van der Waals surface area (Å²) in [4.78, 5) is 35.7. The predicted octanol–water partition coefficient (Wildman–Crippen LogP) is 2.79. The van der Waals surface area contributed by atoms with Crippen molar-refractivity contribution >= 4 is 34.8 Å². The molecule has 0 aliphatic carbocycles. The molecule has 0 bridgehead atoms. The molecule has 2 aromatic carbocycles. The summed E-state index contributed by atoms with van der Waals surface area (Å²) >= 11 is 0. The Morgan fingerprint density at radius 2 is 1.54 bits per heavy atom. The van der Waals surface area contributed by atoms with Gasteiger partial charge in [-0.25, -0.2) is 5.43 Å². The molecule has 3 N–H and O–H groups in total. The van der Waals surface area contributed by atoms with Crippen molar-refractivity contribution < 1.29 is 19.1 Å². The zero-order valence-electron chi connectivity index (χ0n) is 15.9. The standard InChI is InChI=1S/C20H22N4O4/c1-13(23-24-20(27)15-8-4-7-11-18(15)28-3)12-19(26)22-17-10-6-5-9-16(17)21-14(2)25/h4-11H,12H2,1-3H3,(H,21,25)(H,22,26)(H,24,27)/b23-13+. The second-order valence-electron chi connectivity index (χ2n) is 5.94. The van der Waals surface area contributed by atoms with Crippen molar-refractivity contribution in [2.24, 2.45) is 5.10 Å². The van der Waals surface area contributed by atoms with Crippen LogP contribution in [0.15, 0.2) is 53.6 Å². The van der Waals surface area contributed by atoms with E-state index in [2.05, 4.69) is 21.2 Å². The Kier molecular flexibility index (Phi) is 7.27. The third kappa shape index (κ3) is 5.94. The maximum atomic E-state index is 12.2. The van der Waals surface area contributed by atoms with E-state index in [9.17, 15) is 14.4 Å². The maximum absolute atomic E-state index is 12.2. The van der Waals surface area contributed by atoms with Gasteiger partial charge in [-0.15, -0.1) is 0 Å². The van der Waals surface area contributed by atoms with E-state index in [4.69, 9.17) is 4.74 Å². The normalized spacial score (nSPS) is 10.8. The quantitative estimate of drug-likeness (QED) is 0.505. The molecule has 28 heavy (non-hydrogen) atoms. The number of carbonyl (C=O) groups is 3. The van der Waals surface area contributed by atoms with Crippen LogP contribution in [0.3, 0.4) is 0 Å². The molecule has 146 valence electrons. The van der Waals surface area contributed by atoms with Gasteiger partial charge in [-0.1, -0.05) is 24.3 Å². The van der Waals surface area contributed by atoms with Crippen LogP contribution in [-0.4, -0.2) is 30.5 Å². The number of amides is 3. The molecule has 0 heterocycles. The summed E-state index contributed by atoms with van der Waals surface area (Å²) in [5.74, 6) is -0.572. The molecular formula is C20H22N4O4. The molecule has 8 nitrogen and oxygen atoms in total. The minimum atomic E-state index is -0.437. The summed E-state index contributed by atoms with van der Waals surface area (Å²) < 4.78 is 5.14. The fourth-order valence-electron chi connectivity index (χ4n) is 2.40. The molecule has 2 rings (SSSR count). The first-order chi connectivity index (χ1) is 13.4. The number of anilines is 2. The highest BCUT2D eigenvalue weighted by molar-refractivity contribution is 6.08. The van der Waals surface area contributed by atoms with Gasteiger partial charge >= 0.3 is 0 Å². The van der Waals surface area contributed by atoms with Gasteiger partial charge in [-0.3, -0.25) is 14.4 Å². The zero-order valence-corrected chi connectivity index (χ0v) is 15.9. The van der Waals surface area contributed by atoms with Crippen LogP contribution in [-0.2, 0) is 9.59 Å². The van der Waals surface area contributed by atoms with Crippen LogP contribution >= 0.6 is 0 Å². The highest BCUT2D eigenvalue weighted by Crippen LogP contribution is 2.21. The summed E-state index contributed by atoms with van der Waals surface area (Å²) in [6.45, 7) is 3.02. The summed E-state index contributed by atoms with van der Waals surface area (Å²) in [6.07, 6.45) is -0.0272. The third-order valence-electron chi connectivity index (χ3n) is 3.63. The predicted molar refractivity (Wildman–Crippen MR) is 108 cm³/mol. The minimum absolute atomic E-state index is 0.0272. The van der Waals surface area contributed by atoms with E-state index in [1.807, 2.05) is 0 Å². The second kappa shape index (κ2) is 9.86. The first kappa shape index (κ1) is 20.6. The Labute approximate surface area is 163 Å². The Bertz CT molecular complexity index is 909. The Morgan fingerprint density at radius 3 is 2.18 bits per heavy atom. The first-order valence-electron chi connectivity index (χ1n) is 8.53. The van der Waals surface area contributed by atoms with Crippen molar-refractivity contribution in [2.45, 2.75) is 20.3 Å². The number of ether oxygens (including phenoxy) is 1. The fourth-order valence-corrected chi connectivity index (χ4v) is 2.40. The van der Waals surface area contributed by atoms with Crippen LogP contribution < -0.4 is 20.8 Å². The molecule has 0 fully saturated rings. The lowest BCUT2D eigenvalue weighted by atomic mass is 10.2. The van der Waals surface area contributed by atoms with E-state index >= 15 is 0 Å². The average molecular weight is 382 g/mol. The van der Waals surface area contributed by atoms with E-state index < -0.39 is 5.91 Å². The van der Waals surface area contributed by atoms with E-state index in [-0.39, 0.29) is 18.2 Å². The van der Waals surface area contributed by atoms with Crippen molar-refractivity contribution in [3.8, 4) is 5.75 Å². The Morgan fingerprint density at radius 1 is 0.929 bits per heavy atom. The lowest BCUT2D eigenvalue weighted by Crippen LogP contribution is -2.22. The van der Waals surface area contributed by atoms with Gasteiger partial charge in [-0.2, -0.15) is 5.10 Å². The second-order valence-corrected chi connectivity index (χ2v) is 5.94. The monoisotopic (exact) mass is 382 g/mol. The molecule has 2 aromatic rings. The van der Waals surface area contributed by atoms with Crippen molar-refractivity contribution in [3.63, 3.8) is 0 Å². The van der Waals surface area contributed by atoms with Gasteiger partial charge in [0.1, 0.15) is 5.75 Å². The van der Waals surface area contributed by atoms with Gasteiger partial charge in [0.25, 0.3) is 5.91 Å². The molecule has 0 aliphatic heterocycles. The molecule has 0 radical (unpaired) electrons. The Hall–Kier alpha value is -3.68. The number of carbonyl (C=O) groups excluding carboxylic acids is 3. The Balaban J connectivity index is 1.97. The molecule has 0 saturated heterocycles. The molecule has 0 aromatic heterocycles.